The van der Waals surface area contributed by atoms with E-state index < -0.39 is 11.7 Å². The van der Waals surface area contributed by atoms with Gasteiger partial charge in [0.25, 0.3) is 0 Å². The van der Waals surface area contributed by atoms with Gasteiger partial charge in [0.05, 0.1) is 39.9 Å². The van der Waals surface area contributed by atoms with Crippen LogP contribution >= 0.6 is 0 Å². The highest BCUT2D eigenvalue weighted by molar-refractivity contribution is 6.12. The number of hydrogen-bond donors (Lipinski definition) is 0. The van der Waals surface area contributed by atoms with Crippen LogP contribution in [0, 0.1) is 41.2 Å². The van der Waals surface area contributed by atoms with E-state index in [0.717, 1.165) is 66.5 Å². The van der Waals surface area contributed by atoms with Crippen LogP contribution in [0.1, 0.15) is 34.4 Å². The summed E-state index contributed by atoms with van der Waals surface area (Å²) < 4.78 is 48.9. The predicted octanol–water partition coefficient (Wildman–Crippen LogP) is 14.0. The molecular formula is C55H38F3N9. The maximum atomic E-state index is 14.9. The van der Waals surface area contributed by atoms with Crippen molar-refractivity contribution in [3.63, 3.8) is 0 Å². The van der Waals surface area contributed by atoms with Crippen molar-refractivity contribution in [2.45, 2.75) is 40.8 Å². The second-order valence-electron chi connectivity index (χ2n) is 16.7. The van der Waals surface area contributed by atoms with Crippen LogP contribution in [0.15, 0.2) is 140 Å². The van der Waals surface area contributed by atoms with Gasteiger partial charge in [-0.2, -0.15) is 13.2 Å². The van der Waals surface area contributed by atoms with Crippen LogP contribution in [0.2, 0.25) is 0 Å². The Kier molecular flexibility index (Phi) is 9.56. The number of fused-ring (bicyclic) bond motifs is 6. The summed E-state index contributed by atoms with van der Waals surface area (Å²) in [6.45, 7) is 17.6. The Morgan fingerprint density at radius 2 is 0.985 bits per heavy atom. The zero-order chi connectivity index (χ0) is 46.3. The molecule has 0 bridgehead atoms. The molecule has 0 aliphatic carbocycles. The molecular weight excluding hydrogens is 844 g/mol. The van der Waals surface area contributed by atoms with Gasteiger partial charge in [-0.1, -0.05) is 60.7 Å². The van der Waals surface area contributed by atoms with Gasteiger partial charge in [-0.3, -0.25) is 0 Å². The first-order chi connectivity index (χ1) is 32.3. The van der Waals surface area contributed by atoms with Crippen molar-refractivity contribution < 1.29 is 13.2 Å². The van der Waals surface area contributed by atoms with Crippen molar-refractivity contribution in [1.29, 1.82) is 0 Å². The van der Waals surface area contributed by atoms with E-state index in [-0.39, 0.29) is 5.56 Å². The van der Waals surface area contributed by atoms with E-state index >= 15 is 0 Å². The number of aryl methyl sites for hydroxylation is 5. The average molecular weight is 882 g/mol. The standard InChI is InChI=1S/C55H38F3N9/c1-30-12-11-15-45(55(56,57)58)52(30)35-18-23-51(67-48-17-10-8-14-40(48)43-28-37(20-25-50(43)67)54-64-33(4)61-34(5)65-54)44(26-35)41-29-38(21-22-46(41)59-6)66-47-16-9-7-13-39(47)42-27-36(19-24-49(42)66)53-62-31(2)60-32(3)63-53/h7-29H,1-5H3. The molecule has 0 saturated heterocycles. The number of para-hydroxylation sites is 2. The van der Waals surface area contributed by atoms with Crippen LogP contribution in [0.25, 0.3) is 105 Å². The average Bonchev–Trinajstić information content (AvgIpc) is 3.82. The van der Waals surface area contributed by atoms with Crippen LogP contribution in [-0.4, -0.2) is 39.0 Å². The second-order valence-corrected chi connectivity index (χ2v) is 16.7. The molecule has 0 saturated carbocycles. The summed E-state index contributed by atoms with van der Waals surface area (Å²) in [4.78, 5) is 31.4. The van der Waals surface area contributed by atoms with E-state index in [0.29, 0.717) is 68.6 Å². The van der Waals surface area contributed by atoms with Gasteiger partial charge in [0.1, 0.15) is 23.3 Å². The fraction of sp³-hybridized carbons (Fsp3) is 0.109. The number of hydrogen-bond acceptors (Lipinski definition) is 6. The molecule has 11 rings (SSSR count). The summed E-state index contributed by atoms with van der Waals surface area (Å²) in [5.74, 6) is 3.64. The van der Waals surface area contributed by atoms with Crippen molar-refractivity contribution in [2.24, 2.45) is 0 Å². The number of alkyl halides is 3. The minimum atomic E-state index is -4.61. The molecule has 12 heteroatoms. The highest BCUT2D eigenvalue weighted by Crippen LogP contribution is 2.46. The van der Waals surface area contributed by atoms with Gasteiger partial charge < -0.3 is 9.13 Å². The Hall–Kier alpha value is -8.56. The van der Waals surface area contributed by atoms with Gasteiger partial charge in [0.2, 0.25) is 0 Å². The molecule has 0 radical (unpaired) electrons. The Balaban J connectivity index is 1.19. The highest BCUT2D eigenvalue weighted by Gasteiger charge is 2.34. The van der Waals surface area contributed by atoms with Crippen LogP contribution < -0.4 is 0 Å². The molecule has 11 aromatic rings. The van der Waals surface area contributed by atoms with E-state index in [2.05, 4.69) is 80.3 Å². The molecule has 0 aliphatic heterocycles. The summed E-state index contributed by atoms with van der Waals surface area (Å²) in [7, 11) is 0. The fourth-order valence-electron chi connectivity index (χ4n) is 9.62. The summed E-state index contributed by atoms with van der Waals surface area (Å²) in [6, 6.07) is 43.8. The number of aromatic nitrogens is 8. The van der Waals surface area contributed by atoms with Crippen molar-refractivity contribution in [3.05, 3.63) is 185 Å². The Labute approximate surface area is 382 Å². The third kappa shape index (κ3) is 6.94. The molecule has 0 fully saturated rings. The highest BCUT2D eigenvalue weighted by atomic mass is 19.4. The molecule has 0 spiro atoms. The van der Waals surface area contributed by atoms with Crippen LogP contribution in [0.5, 0.6) is 0 Å². The minimum absolute atomic E-state index is 0.0832. The molecule has 4 aromatic heterocycles. The van der Waals surface area contributed by atoms with E-state index in [9.17, 15) is 13.2 Å². The van der Waals surface area contributed by atoms with Crippen LogP contribution in [-0.2, 0) is 6.18 Å². The number of halogens is 3. The lowest BCUT2D eigenvalue weighted by Crippen LogP contribution is -2.08. The van der Waals surface area contributed by atoms with Crippen LogP contribution in [0.3, 0.4) is 0 Å². The predicted molar refractivity (Wildman–Crippen MR) is 259 cm³/mol. The normalized spacial score (nSPS) is 11.9. The lowest BCUT2D eigenvalue weighted by atomic mass is 9.91. The van der Waals surface area contributed by atoms with Crippen molar-refractivity contribution in [3.8, 4) is 56.4 Å². The molecule has 0 aliphatic rings. The topological polar surface area (TPSA) is 91.6 Å². The summed E-state index contributed by atoms with van der Waals surface area (Å²) >= 11 is 0. The Bertz CT molecular complexity index is 3850. The van der Waals surface area contributed by atoms with Gasteiger partial charge in [-0.15, -0.1) is 0 Å². The van der Waals surface area contributed by atoms with Gasteiger partial charge in [-0.05, 0) is 141 Å². The van der Waals surface area contributed by atoms with E-state index in [1.165, 1.54) is 6.07 Å². The number of benzene rings is 7. The number of nitrogens with zero attached hydrogens (tertiary/aromatic N) is 9. The molecule has 0 amide bonds. The molecule has 0 unspecified atom stereocenters. The molecule has 67 heavy (non-hydrogen) atoms. The third-order valence-electron chi connectivity index (χ3n) is 12.3. The maximum Gasteiger partial charge on any atom is 0.417 e. The summed E-state index contributed by atoms with van der Waals surface area (Å²) in [5, 5.41) is 3.88. The van der Waals surface area contributed by atoms with Crippen molar-refractivity contribution in [1.82, 2.24) is 39.0 Å². The third-order valence-corrected chi connectivity index (χ3v) is 12.3. The van der Waals surface area contributed by atoms with E-state index in [1.54, 1.807) is 25.1 Å². The van der Waals surface area contributed by atoms with Crippen molar-refractivity contribution in [2.75, 3.05) is 0 Å². The van der Waals surface area contributed by atoms with Gasteiger partial charge in [0, 0.05) is 38.4 Å². The monoisotopic (exact) mass is 881 g/mol. The molecule has 9 nitrogen and oxygen atoms in total. The molecule has 0 N–H and O–H groups in total. The quantitative estimate of drug-likeness (QED) is 0.155. The van der Waals surface area contributed by atoms with Crippen LogP contribution in [0.4, 0.5) is 18.9 Å². The second kappa shape index (κ2) is 15.6. The van der Waals surface area contributed by atoms with Gasteiger partial charge >= 0.3 is 6.18 Å². The summed E-state index contributed by atoms with van der Waals surface area (Å²) in [6.07, 6.45) is -4.61. The first-order valence-corrected chi connectivity index (χ1v) is 21.6. The molecule has 324 valence electrons. The van der Waals surface area contributed by atoms with E-state index in [1.807, 2.05) is 100 Å². The minimum Gasteiger partial charge on any atom is -0.309 e. The molecule has 4 heterocycles. The largest absolute Gasteiger partial charge is 0.417 e. The molecule has 0 atom stereocenters. The number of rotatable bonds is 6. The smallest absolute Gasteiger partial charge is 0.309 e. The first-order valence-electron chi connectivity index (χ1n) is 21.6. The Morgan fingerprint density at radius 3 is 1.55 bits per heavy atom. The first kappa shape index (κ1) is 41.2. The maximum absolute atomic E-state index is 14.9. The lowest BCUT2D eigenvalue weighted by Gasteiger charge is -2.20. The fourth-order valence-corrected chi connectivity index (χ4v) is 9.62. The van der Waals surface area contributed by atoms with Gasteiger partial charge in [-0.25, -0.2) is 34.7 Å². The van der Waals surface area contributed by atoms with Gasteiger partial charge in [0.15, 0.2) is 17.3 Å². The van der Waals surface area contributed by atoms with Crippen molar-refractivity contribution >= 4 is 49.3 Å². The van der Waals surface area contributed by atoms with E-state index in [4.69, 9.17) is 6.57 Å². The summed E-state index contributed by atoms with van der Waals surface area (Å²) in [5.41, 5.74) is 8.40. The molecule has 7 aromatic carbocycles. The lowest BCUT2D eigenvalue weighted by molar-refractivity contribution is -0.137. The zero-order valence-electron chi connectivity index (χ0n) is 36.9. The Morgan fingerprint density at radius 1 is 0.463 bits per heavy atom. The zero-order valence-corrected chi connectivity index (χ0v) is 36.9. The SMILES string of the molecule is [C-]#[N+]c1ccc(-n2c3ccccc3c3cc(-c4nc(C)nc(C)n4)ccc32)cc1-c1cc(-c2c(C)cccc2C(F)(F)F)ccc1-n1c2ccccc2c2cc(-c3nc(C)nc(C)n3)ccc21.